The maximum absolute atomic E-state index is 3.89. The third-order valence-electron chi connectivity index (χ3n) is 4.01. The summed E-state index contributed by atoms with van der Waals surface area (Å²) in [6, 6.07) is 0. The molecule has 1 nitrogen and oxygen atoms in total. The number of halogens is 1. The van der Waals surface area contributed by atoms with Gasteiger partial charge in [-0.2, -0.15) is 0 Å². The minimum Gasteiger partial charge on any atom is -1.00 e. The van der Waals surface area contributed by atoms with Crippen LogP contribution in [0.3, 0.4) is 0 Å². The Labute approximate surface area is 151 Å². The number of rotatable bonds is 16. The molecule has 0 spiro atoms. The van der Waals surface area contributed by atoms with Gasteiger partial charge in [0.05, 0.1) is 6.54 Å². The van der Waals surface area contributed by atoms with E-state index in [0.29, 0.717) is 0 Å². The minimum atomic E-state index is 0. The van der Waals surface area contributed by atoms with E-state index in [1.165, 1.54) is 96.3 Å². The van der Waals surface area contributed by atoms with Gasteiger partial charge in [0.25, 0.3) is 0 Å². The van der Waals surface area contributed by atoms with E-state index in [1.54, 1.807) is 0 Å². The van der Waals surface area contributed by atoms with Crippen LogP contribution in [-0.2, 0) is 0 Å². The van der Waals surface area contributed by atoms with Gasteiger partial charge in [-0.15, -0.1) is 0 Å². The Morgan fingerprint density at radius 2 is 0.952 bits per heavy atom. The molecule has 0 saturated heterocycles. The second-order valence-electron chi connectivity index (χ2n) is 6.14. The van der Waals surface area contributed by atoms with Crippen molar-refractivity contribution >= 4 is 0 Å². The summed E-state index contributed by atoms with van der Waals surface area (Å²) in [7, 11) is 0. The summed E-state index contributed by atoms with van der Waals surface area (Å²) in [5.74, 6) is 0. The van der Waals surface area contributed by atoms with Crippen LogP contribution >= 0.6 is 0 Å². The molecule has 0 amide bonds. The third-order valence-corrected chi connectivity index (χ3v) is 4.01. The first-order valence-corrected chi connectivity index (χ1v) is 9.36. The summed E-state index contributed by atoms with van der Waals surface area (Å²) in [6.45, 7) is 3.40. The van der Waals surface area contributed by atoms with E-state index in [4.69, 9.17) is 0 Å². The number of hydrogen-bond acceptors (Lipinski definition) is 0. The first kappa shape index (κ1) is 23.7. The summed E-state index contributed by atoms with van der Waals surface area (Å²) in [5, 5.41) is 0. The molecule has 21 heavy (non-hydrogen) atoms. The molecule has 0 aromatic rings. The highest BCUT2D eigenvalue weighted by Gasteiger charge is 1.91. The predicted octanol–water partition coefficient (Wildman–Crippen LogP) is 2.66. The SMILES string of the molecule is CCCCCCCC/C=C\CCCCCCCCC[NH3+].[I-]. The highest BCUT2D eigenvalue weighted by molar-refractivity contribution is 4.81. The van der Waals surface area contributed by atoms with Gasteiger partial charge in [0, 0.05) is 0 Å². The average Bonchev–Trinajstić information content (AvgIpc) is 2.47. The van der Waals surface area contributed by atoms with Gasteiger partial charge < -0.3 is 29.7 Å². The smallest absolute Gasteiger partial charge is 0.0739 e. The van der Waals surface area contributed by atoms with Crippen LogP contribution in [0.2, 0.25) is 0 Å². The molecule has 0 radical (unpaired) electrons. The van der Waals surface area contributed by atoms with Gasteiger partial charge in [0.2, 0.25) is 0 Å². The maximum atomic E-state index is 3.89. The van der Waals surface area contributed by atoms with E-state index in [-0.39, 0.29) is 24.0 Å². The molecular formula is C19H40IN. The van der Waals surface area contributed by atoms with Crippen molar-refractivity contribution in [1.29, 1.82) is 0 Å². The van der Waals surface area contributed by atoms with Gasteiger partial charge in [-0.05, 0) is 38.5 Å². The van der Waals surface area contributed by atoms with E-state index >= 15 is 0 Å². The quantitative estimate of drug-likeness (QED) is 0.231. The van der Waals surface area contributed by atoms with Crippen molar-refractivity contribution < 1.29 is 29.7 Å². The standard InChI is InChI=1S/C19H39N.HI/c1-2-3-4-5-6-7-8-9-10-11-12-13-14-15-16-17-18-19-20;/h9-10H,2-8,11-20H2,1H3;1H/b10-9-;. The molecule has 0 heterocycles. The molecule has 0 bridgehead atoms. The lowest BCUT2D eigenvalue weighted by atomic mass is 10.1. The lowest BCUT2D eigenvalue weighted by molar-refractivity contribution is -0.368. The van der Waals surface area contributed by atoms with Gasteiger partial charge in [0.1, 0.15) is 0 Å². The zero-order chi connectivity index (χ0) is 14.7. The van der Waals surface area contributed by atoms with Crippen molar-refractivity contribution in [2.75, 3.05) is 6.54 Å². The maximum Gasteiger partial charge on any atom is 0.0739 e. The summed E-state index contributed by atoms with van der Waals surface area (Å²) in [6.07, 6.45) is 25.7. The second-order valence-corrected chi connectivity index (χ2v) is 6.14. The van der Waals surface area contributed by atoms with E-state index in [1.807, 2.05) is 0 Å². The van der Waals surface area contributed by atoms with Crippen molar-refractivity contribution in [3.05, 3.63) is 12.2 Å². The number of hydrogen-bond donors (Lipinski definition) is 1. The Kier molecular flexibility index (Phi) is 25.6. The van der Waals surface area contributed by atoms with Crippen molar-refractivity contribution in [3.8, 4) is 0 Å². The van der Waals surface area contributed by atoms with Crippen LogP contribution in [0.4, 0.5) is 0 Å². The predicted molar refractivity (Wildman–Crippen MR) is 91.8 cm³/mol. The van der Waals surface area contributed by atoms with Crippen molar-refractivity contribution in [1.82, 2.24) is 0 Å². The van der Waals surface area contributed by atoms with Crippen molar-refractivity contribution in [3.63, 3.8) is 0 Å². The molecule has 0 aromatic heterocycles. The van der Waals surface area contributed by atoms with Crippen LogP contribution in [0.15, 0.2) is 12.2 Å². The van der Waals surface area contributed by atoms with Crippen LogP contribution in [0.25, 0.3) is 0 Å². The Morgan fingerprint density at radius 1 is 0.571 bits per heavy atom. The lowest BCUT2D eigenvalue weighted by Crippen LogP contribution is -3.00. The molecule has 0 aromatic carbocycles. The van der Waals surface area contributed by atoms with Gasteiger partial charge >= 0.3 is 0 Å². The van der Waals surface area contributed by atoms with Gasteiger partial charge in [0.15, 0.2) is 0 Å². The molecular weight excluding hydrogens is 369 g/mol. The van der Waals surface area contributed by atoms with Crippen LogP contribution in [0, 0.1) is 0 Å². The zero-order valence-electron chi connectivity index (χ0n) is 14.6. The topological polar surface area (TPSA) is 27.6 Å². The molecule has 2 heteroatoms. The largest absolute Gasteiger partial charge is 1.00 e. The van der Waals surface area contributed by atoms with E-state index in [0.717, 1.165) is 6.54 Å². The summed E-state index contributed by atoms with van der Waals surface area (Å²) < 4.78 is 0. The fraction of sp³-hybridized carbons (Fsp3) is 0.895. The van der Waals surface area contributed by atoms with Crippen LogP contribution in [0.1, 0.15) is 103 Å². The Bertz CT molecular complexity index is 192. The third kappa shape index (κ3) is 22.8. The molecule has 0 unspecified atom stereocenters. The van der Waals surface area contributed by atoms with Crippen molar-refractivity contribution in [2.45, 2.75) is 103 Å². The van der Waals surface area contributed by atoms with Crippen molar-refractivity contribution in [2.24, 2.45) is 0 Å². The van der Waals surface area contributed by atoms with E-state index in [9.17, 15) is 0 Å². The average molecular weight is 409 g/mol. The number of quaternary nitrogens is 1. The van der Waals surface area contributed by atoms with Crippen LogP contribution < -0.4 is 29.7 Å². The molecule has 0 saturated carbocycles. The highest BCUT2D eigenvalue weighted by atomic mass is 127. The van der Waals surface area contributed by atoms with E-state index < -0.39 is 0 Å². The zero-order valence-corrected chi connectivity index (χ0v) is 16.7. The molecule has 0 aliphatic carbocycles. The molecule has 0 aliphatic heterocycles. The van der Waals surface area contributed by atoms with Crippen LogP contribution in [-0.4, -0.2) is 6.54 Å². The Hall–Kier alpha value is 0.430. The van der Waals surface area contributed by atoms with E-state index in [2.05, 4.69) is 24.8 Å². The summed E-state index contributed by atoms with van der Waals surface area (Å²) in [4.78, 5) is 0. The minimum absolute atomic E-state index is 0. The lowest BCUT2D eigenvalue weighted by Gasteiger charge is -1.99. The molecule has 3 N–H and O–H groups in total. The monoisotopic (exact) mass is 409 g/mol. The molecule has 0 fully saturated rings. The van der Waals surface area contributed by atoms with Crippen LogP contribution in [0.5, 0.6) is 0 Å². The van der Waals surface area contributed by atoms with Gasteiger partial charge in [-0.1, -0.05) is 76.9 Å². The normalized spacial score (nSPS) is 11.0. The number of allylic oxidation sites excluding steroid dienone is 2. The first-order valence-electron chi connectivity index (χ1n) is 9.36. The second kappa shape index (κ2) is 22.7. The Balaban J connectivity index is 0. The summed E-state index contributed by atoms with van der Waals surface area (Å²) >= 11 is 0. The summed E-state index contributed by atoms with van der Waals surface area (Å²) in [5.41, 5.74) is 3.89. The first-order chi connectivity index (χ1) is 9.91. The molecule has 0 rings (SSSR count). The van der Waals surface area contributed by atoms with Gasteiger partial charge in [-0.25, -0.2) is 0 Å². The fourth-order valence-corrected chi connectivity index (χ4v) is 2.60. The molecule has 128 valence electrons. The highest BCUT2D eigenvalue weighted by Crippen LogP contribution is 2.10. The number of unbranched alkanes of at least 4 members (excludes halogenated alkanes) is 13. The molecule has 0 aliphatic rings. The van der Waals surface area contributed by atoms with Gasteiger partial charge in [-0.3, -0.25) is 0 Å². The molecule has 0 atom stereocenters. The fourth-order valence-electron chi connectivity index (χ4n) is 2.60. The Morgan fingerprint density at radius 3 is 1.38 bits per heavy atom.